The van der Waals surface area contributed by atoms with Crippen LogP contribution in [0.5, 0.6) is 5.75 Å². The molecule has 2 aromatic heterocycles. The number of phenols is 1. The average Bonchev–Trinajstić information content (AvgIpc) is 3.11. The van der Waals surface area contributed by atoms with Crippen LogP contribution < -0.4 is 0 Å². The number of likely N-dealkylation sites (tertiary alicyclic amines) is 1. The molecule has 0 amide bonds. The minimum atomic E-state index is -0.235. The molecule has 0 unspecified atom stereocenters. The van der Waals surface area contributed by atoms with Gasteiger partial charge in [-0.25, -0.2) is 9.67 Å². The highest BCUT2D eigenvalue weighted by Gasteiger charge is 2.22. The Labute approximate surface area is 152 Å². The number of hydrogen-bond donors (Lipinski definition) is 1. The van der Waals surface area contributed by atoms with E-state index in [1.807, 2.05) is 10.7 Å². The number of fused-ring (bicyclic) bond motifs is 1. The molecule has 1 aliphatic heterocycles. The van der Waals surface area contributed by atoms with Gasteiger partial charge in [0.25, 0.3) is 0 Å². The highest BCUT2D eigenvalue weighted by molar-refractivity contribution is 6.11. The fraction of sp³-hybridized carbons (Fsp3) is 0.350. The van der Waals surface area contributed by atoms with E-state index in [0.29, 0.717) is 11.6 Å². The normalized spacial score (nSPS) is 16.2. The molecule has 1 saturated heterocycles. The maximum absolute atomic E-state index is 12.7. The number of nitrogens with zero attached hydrogens (tertiary/aromatic N) is 4. The Morgan fingerprint density at radius 2 is 2.00 bits per heavy atom. The molecule has 1 aromatic carbocycles. The van der Waals surface area contributed by atoms with Crippen LogP contribution >= 0.6 is 0 Å². The Hall–Kier alpha value is -2.73. The van der Waals surface area contributed by atoms with Gasteiger partial charge in [-0.05, 0) is 37.6 Å². The van der Waals surface area contributed by atoms with Gasteiger partial charge >= 0.3 is 0 Å². The summed E-state index contributed by atoms with van der Waals surface area (Å²) in [7, 11) is 0. The van der Waals surface area contributed by atoms with Gasteiger partial charge in [0, 0.05) is 30.2 Å². The van der Waals surface area contributed by atoms with Crippen LogP contribution in [0.25, 0.3) is 11.0 Å². The second kappa shape index (κ2) is 6.88. The van der Waals surface area contributed by atoms with Gasteiger partial charge in [0.05, 0.1) is 17.8 Å². The van der Waals surface area contributed by atoms with Crippen LogP contribution in [0.2, 0.25) is 0 Å². The molecule has 1 fully saturated rings. The summed E-state index contributed by atoms with van der Waals surface area (Å²) in [5.41, 5.74) is 1.56. The molecule has 1 N–H and O–H groups in total. The standard InChI is InChI=1S/C20H22N4O2/c1-2-23-9-7-16(8-10-23)24-20-15(13-22-24)11-14(12-21-20)19(26)17-5-3-4-6-18(17)25/h3-6,11-13,16,25H,2,7-10H2,1H3. The van der Waals surface area contributed by atoms with Crippen molar-refractivity contribution in [3.8, 4) is 5.75 Å². The van der Waals surface area contributed by atoms with Crippen molar-refractivity contribution >= 4 is 16.8 Å². The maximum atomic E-state index is 12.7. The molecule has 134 valence electrons. The first-order valence-corrected chi connectivity index (χ1v) is 9.05. The number of ketones is 1. The SMILES string of the molecule is CCN1CCC(n2ncc3cc(C(=O)c4ccccc4O)cnc32)CC1. The van der Waals surface area contributed by atoms with Gasteiger partial charge in [0.15, 0.2) is 11.4 Å². The highest BCUT2D eigenvalue weighted by atomic mass is 16.3. The minimum absolute atomic E-state index is 0.0176. The Balaban J connectivity index is 1.62. The van der Waals surface area contributed by atoms with E-state index in [1.165, 1.54) is 6.07 Å². The van der Waals surface area contributed by atoms with Crippen molar-refractivity contribution in [1.82, 2.24) is 19.7 Å². The predicted octanol–water partition coefficient (Wildman–Crippen LogP) is 3.02. The second-order valence-electron chi connectivity index (χ2n) is 6.74. The summed E-state index contributed by atoms with van der Waals surface area (Å²) in [6, 6.07) is 8.72. The number of aromatic nitrogens is 3. The number of para-hydroxylation sites is 1. The van der Waals surface area contributed by atoms with Crippen molar-refractivity contribution < 1.29 is 9.90 Å². The average molecular weight is 350 g/mol. The quantitative estimate of drug-likeness (QED) is 0.733. The lowest BCUT2D eigenvalue weighted by atomic mass is 10.0. The number of pyridine rings is 1. The summed E-state index contributed by atoms with van der Waals surface area (Å²) in [5.74, 6) is -0.252. The number of hydrogen-bond acceptors (Lipinski definition) is 5. The third-order valence-electron chi connectivity index (χ3n) is 5.19. The van der Waals surface area contributed by atoms with Crippen molar-refractivity contribution in [3.63, 3.8) is 0 Å². The largest absolute Gasteiger partial charge is 0.507 e. The number of rotatable bonds is 4. The van der Waals surface area contributed by atoms with Crippen molar-refractivity contribution in [2.75, 3.05) is 19.6 Å². The number of piperidine rings is 1. The van der Waals surface area contributed by atoms with Crippen LogP contribution in [0.3, 0.4) is 0 Å². The summed E-state index contributed by atoms with van der Waals surface area (Å²) in [4.78, 5) is 19.6. The Kier molecular flexibility index (Phi) is 4.42. The second-order valence-corrected chi connectivity index (χ2v) is 6.74. The van der Waals surface area contributed by atoms with E-state index >= 15 is 0 Å². The molecule has 4 rings (SSSR count). The van der Waals surface area contributed by atoms with Gasteiger partial charge in [0.2, 0.25) is 0 Å². The molecule has 0 spiro atoms. The van der Waals surface area contributed by atoms with E-state index in [4.69, 9.17) is 0 Å². The molecular weight excluding hydrogens is 328 g/mol. The molecule has 1 aliphatic rings. The number of phenolic OH excluding ortho intramolecular Hbond substituents is 1. The van der Waals surface area contributed by atoms with Crippen LogP contribution in [-0.4, -0.2) is 50.2 Å². The Morgan fingerprint density at radius 1 is 1.23 bits per heavy atom. The molecule has 26 heavy (non-hydrogen) atoms. The van der Waals surface area contributed by atoms with E-state index < -0.39 is 0 Å². The Bertz CT molecular complexity index is 942. The van der Waals surface area contributed by atoms with E-state index in [9.17, 15) is 9.90 Å². The lowest BCUT2D eigenvalue weighted by Crippen LogP contribution is -2.34. The van der Waals surface area contributed by atoms with Crippen molar-refractivity contribution in [3.05, 3.63) is 53.9 Å². The van der Waals surface area contributed by atoms with Gasteiger partial charge in [-0.3, -0.25) is 4.79 Å². The fourth-order valence-corrected chi connectivity index (χ4v) is 3.63. The molecule has 6 nitrogen and oxygen atoms in total. The molecule has 0 aliphatic carbocycles. The van der Waals surface area contributed by atoms with Gasteiger partial charge in [0.1, 0.15) is 5.75 Å². The van der Waals surface area contributed by atoms with Crippen LogP contribution in [-0.2, 0) is 0 Å². The molecule has 0 atom stereocenters. The van der Waals surface area contributed by atoms with Crippen LogP contribution in [0, 0.1) is 0 Å². The molecule has 3 aromatic rings. The zero-order valence-corrected chi connectivity index (χ0v) is 14.8. The van der Waals surface area contributed by atoms with E-state index in [0.717, 1.165) is 43.5 Å². The molecule has 3 heterocycles. The first-order valence-electron chi connectivity index (χ1n) is 9.05. The smallest absolute Gasteiger partial charge is 0.198 e. The zero-order chi connectivity index (χ0) is 18.1. The van der Waals surface area contributed by atoms with Crippen molar-refractivity contribution in [2.45, 2.75) is 25.8 Å². The van der Waals surface area contributed by atoms with E-state index in [-0.39, 0.29) is 17.1 Å². The summed E-state index contributed by atoms with van der Waals surface area (Å²) < 4.78 is 2.00. The molecule has 6 heteroatoms. The fourth-order valence-electron chi connectivity index (χ4n) is 3.63. The van der Waals surface area contributed by atoms with Crippen LogP contribution in [0.1, 0.15) is 41.7 Å². The van der Waals surface area contributed by atoms with Gasteiger partial charge < -0.3 is 10.0 Å². The molecule has 0 radical (unpaired) electrons. The number of benzene rings is 1. The van der Waals surface area contributed by atoms with Crippen molar-refractivity contribution in [2.24, 2.45) is 0 Å². The monoisotopic (exact) mass is 350 g/mol. The zero-order valence-electron chi connectivity index (χ0n) is 14.8. The predicted molar refractivity (Wildman–Crippen MR) is 99.5 cm³/mol. The molecular formula is C20H22N4O2. The molecule has 0 saturated carbocycles. The van der Waals surface area contributed by atoms with Crippen LogP contribution in [0.15, 0.2) is 42.7 Å². The third kappa shape index (κ3) is 2.97. The summed E-state index contributed by atoms with van der Waals surface area (Å²) >= 11 is 0. The summed E-state index contributed by atoms with van der Waals surface area (Å²) in [6.45, 7) is 5.43. The topological polar surface area (TPSA) is 71.2 Å². The third-order valence-corrected chi connectivity index (χ3v) is 5.19. The highest BCUT2D eigenvalue weighted by Crippen LogP contribution is 2.26. The Morgan fingerprint density at radius 3 is 2.73 bits per heavy atom. The lowest BCUT2D eigenvalue weighted by Gasteiger charge is -2.31. The maximum Gasteiger partial charge on any atom is 0.198 e. The lowest BCUT2D eigenvalue weighted by molar-refractivity contribution is 0.103. The van der Waals surface area contributed by atoms with Gasteiger partial charge in [-0.2, -0.15) is 5.10 Å². The first kappa shape index (κ1) is 16.7. The molecule has 0 bridgehead atoms. The summed E-state index contributed by atoms with van der Waals surface area (Å²) in [5, 5.41) is 15.3. The van der Waals surface area contributed by atoms with Crippen molar-refractivity contribution in [1.29, 1.82) is 0 Å². The van der Waals surface area contributed by atoms with Crippen LogP contribution in [0.4, 0.5) is 0 Å². The number of carbonyl (C=O) groups excluding carboxylic acids is 1. The first-order chi connectivity index (χ1) is 12.7. The summed E-state index contributed by atoms with van der Waals surface area (Å²) in [6.07, 6.45) is 5.47. The van der Waals surface area contributed by atoms with E-state index in [1.54, 1.807) is 30.6 Å². The van der Waals surface area contributed by atoms with Gasteiger partial charge in [-0.15, -0.1) is 0 Å². The van der Waals surface area contributed by atoms with Gasteiger partial charge in [-0.1, -0.05) is 19.1 Å². The number of carbonyl (C=O) groups is 1. The van der Waals surface area contributed by atoms with E-state index in [2.05, 4.69) is 21.9 Å². The number of aromatic hydroxyl groups is 1. The minimum Gasteiger partial charge on any atom is -0.507 e.